The topological polar surface area (TPSA) is 9.23 Å². The lowest BCUT2D eigenvalue weighted by atomic mass is 9.73. The molecule has 1 unspecified atom stereocenters. The van der Waals surface area contributed by atoms with Crippen molar-refractivity contribution in [1.82, 2.24) is 0 Å². The molecule has 1 nitrogen and oxygen atoms in total. The summed E-state index contributed by atoms with van der Waals surface area (Å²) in [5, 5.41) is 0. The van der Waals surface area contributed by atoms with Gasteiger partial charge in [0.1, 0.15) is 0 Å². The van der Waals surface area contributed by atoms with E-state index in [1.165, 1.54) is 57.1 Å². The Kier molecular flexibility index (Phi) is 5.59. The first-order chi connectivity index (χ1) is 8.83. The van der Waals surface area contributed by atoms with Crippen LogP contribution in [0, 0.1) is 17.8 Å². The highest BCUT2D eigenvalue weighted by molar-refractivity contribution is 4.99. The van der Waals surface area contributed by atoms with Gasteiger partial charge in [-0.25, -0.2) is 0 Å². The Morgan fingerprint density at radius 2 is 1.83 bits per heavy atom. The molecule has 1 atom stereocenters. The number of rotatable bonds is 5. The van der Waals surface area contributed by atoms with Crippen molar-refractivity contribution in [3.8, 4) is 0 Å². The number of hydrogen-bond acceptors (Lipinski definition) is 1. The first kappa shape index (κ1) is 14.0. The van der Waals surface area contributed by atoms with E-state index in [1.807, 2.05) is 0 Å². The van der Waals surface area contributed by atoms with E-state index in [0.29, 0.717) is 0 Å². The monoisotopic (exact) mass is 250 g/mol. The fourth-order valence-electron chi connectivity index (χ4n) is 3.73. The average Bonchev–Trinajstić information content (AvgIpc) is 2.41. The summed E-state index contributed by atoms with van der Waals surface area (Å²) in [6.45, 7) is 5.54. The SMILES string of the molecule is CCCC1=CCC(C2CCC(CCC)CC2)CO1. The van der Waals surface area contributed by atoms with Crippen LogP contribution in [-0.4, -0.2) is 6.61 Å². The first-order valence-corrected chi connectivity index (χ1v) is 8.15. The first-order valence-electron chi connectivity index (χ1n) is 8.15. The third-order valence-electron chi connectivity index (χ3n) is 4.88. The van der Waals surface area contributed by atoms with E-state index < -0.39 is 0 Å². The Balaban J connectivity index is 1.74. The van der Waals surface area contributed by atoms with E-state index in [1.54, 1.807) is 0 Å². The van der Waals surface area contributed by atoms with E-state index in [4.69, 9.17) is 4.74 Å². The van der Waals surface area contributed by atoms with Gasteiger partial charge in [0, 0.05) is 6.42 Å². The summed E-state index contributed by atoms with van der Waals surface area (Å²) in [5.74, 6) is 4.04. The predicted octanol–water partition coefficient (Wildman–Crippen LogP) is 5.31. The minimum atomic E-state index is 0.813. The van der Waals surface area contributed by atoms with Crippen molar-refractivity contribution < 1.29 is 4.74 Å². The molecule has 0 aromatic heterocycles. The minimum Gasteiger partial charge on any atom is -0.498 e. The van der Waals surface area contributed by atoms with Gasteiger partial charge in [-0.3, -0.25) is 0 Å². The molecule has 1 aliphatic heterocycles. The van der Waals surface area contributed by atoms with Gasteiger partial charge in [0.25, 0.3) is 0 Å². The third kappa shape index (κ3) is 3.76. The molecule has 1 saturated carbocycles. The fraction of sp³-hybridized carbons (Fsp3) is 0.882. The van der Waals surface area contributed by atoms with Crippen LogP contribution < -0.4 is 0 Å². The Morgan fingerprint density at radius 3 is 2.39 bits per heavy atom. The maximum absolute atomic E-state index is 5.92. The molecule has 1 aliphatic carbocycles. The van der Waals surface area contributed by atoms with Gasteiger partial charge in [0.05, 0.1) is 12.4 Å². The summed E-state index contributed by atoms with van der Waals surface area (Å²) in [6.07, 6.45) is 14.7. The highest BCUT2D eigenvalue weighted by atomic mass is 16.5. The average molecular weight is 250 g/mol. The quantitative estimate of drug-likeness (QED) is 0.642. The molecule has 0 spiro atoms. The van der Waals surface area contributed by atoms with Crippen LogP contribution in [0.15, 0.2) is 11.8 Å². The lowest BCUT2D eigenvalue weighted by Gasteiger charge is -2.35. The zero-order valence-electron chi connectivity index (χ0n) is 12.3. The summed E-state index contributed by atoms with van der Waals surface area (Å²) in [5.41, 5.74) is 0. The van der Waals surface area contributed by atoms with Crippen molar-refractivity contribution >= 4 is 0 Å². The molecule has 1 heterocycles. The smallest absolute Gasteiger partial charge is 0.0920 e. The predicted molar refractivity (Wildman–Crippen MR) is 77.4 cm³/mol. The number of hydrogen-bond donors (Lipinski definition) is 0. The molecule has 0 saturated heterocycles. The Morgan fingerprint density at radius 1 is 1.06 bits per heavy atom. The van der Waals surface area contributed by atoms with Crippen LogP contribution in [0.25, 0.3) is 0 Å². The van der Waals surface area contributed by atoms with E-state index in [-0.39, 0.29) is 0 Å². The summed E-state index contributed by atoms with van der Waals surface area (Å²) < 4.78 is 5.92. The molecule has 18 heavy (non-hydrogen) atoms. The van der Waals surface area contributed by atoms with Gasteiger partial charge in [-0.2, -0.15) is 0 Å². The van der Waals surface area contributed by atoms with Gasteiger partial charge in [0.15, 0.2) is 0 Å². The molecular weight excluding hydrogens is 220 g/mol. The molecule has 1 heteroatoms. The van der Waals surface area contributed by atoms with Crippen LogP contribution in [-0.2, 0) is 4.74 Å². The highest BCUT2D eigenvalue weighted by Crippen LogP contribution is 2.38. The van der Waals surface area contributed by atoms with Crippen molar-refractivity contribution in [3.63, 3.8) is 0 Å². The molecule has 0 aromatic rings. The largest absolute Gasteiger partial charge is 0.498 e. The van der Waals surface area contributed by atoms with Gasteiger partial charge >= 0.3 is 0 Å². The van der Waals surface area contributed by atoms with Crippen molar-refractivity contribution in [2.24, 2.45) is 17.8 Å². The summed E-state index contributed by atoms with van der Waals surface area (Å²) in [4.78, 5) is 0. The Hall–Kier alpha value is -0.460. The van der Waals surface area contributed by atoms with E-state index in [2.05, 4.69) is 19.9 Å². The molecule has 0 radical (unpaired) electrons. The zero-order valence-corrected chi connectivity index (χ0v) is 12.3. The van der Waals surface area contributed by atoms with Gasteiger partial charge < -0.3 is 4.74 Å². The molecule has 2 rings (SSSR count). The highest BCUT2D eigenvalue weighted by Gasteiger charge is 2.28. The van der Waals surface area contributed by atoms with Crippen molar-refractivity contribution in [1.29, 1.82) is 0 Å². The van der Waals surface area contributed by atoms with Crippen LogP contribution >= 0.6 is 0 Å². The number of allylic oxidation sites excluding steroid dienone is 2. The van der Waals surface area contributed by atoms with Crippen molar-refractivity contribution in [2.45, 2.75) is 71.6 Å². The van der Waals surface area contributed by atoms with Gasteiger partial charge in [-0.15, -0.1) is 0 Å². The van der Waals surface area contributed by atoms with Gasteiger partial charge in [-0.1, -0.05) is 39.5 Å². The molecule has 0 bridgehead atoms. The van der Waals surface area contributed by atoms with Crippen LogP contribution in [0.3, 0.4) is 0 Å². The lowest BCUT2D eigenvalue weighted by Crippen LogP contribution is -2.26. The van der Waals surface area contributed by atoms with Crippen LogP contribution in [0.4, 0.5) is 0 Å². The van der Waals surface area contributed by atoms with E-state index in [9.17, 15) is 0 Å². The third-order valence-corrected chi connectivity index (χ3v) is 4.88. The van der Waals surface area contributed by atoms with Crippen molar-refractivity contribution in [3.05, 3.63) is 11.8 Å². The number of ether oxygens (including phenoxy) is 1. The normalized spacial score (nSPS) is 32.8. The van der Waals surface area contributed by atoms with Crippen LogP contribution in [0.1, 0.15) is 71.6 Å². The molecular formula is C17H30O. The van der Waals surface area contributed by atoms with Crippen LogP contribution in [0.2, 0.25) is 0 Å². The second-order valence-electron chi connectivity index (χ2n) is 6.30. The molecule has 2 aliphatic rings. The Bertz CT molecular complexity index is 261. The molecule has 104 valence electrons. The zero-order chi connectivity index (χ0) is 12.8. The Labute approximate surface area is 113 Å². The fourth-order valence-corrected chi connectivity index (χ4v) is 3.73. The van der Waals surface area contributed by atoms with E-state index >= 15 is 0 Å². The minimum absolute atomic E-state index is 0.813. The summed E-state index contributed by atoms with van der Waals surface area (Å²) in [7, 11) is 0. The van der Waals surface area contributed by atoms with Crippen LogP contribution in [0.5, 0.6) is 0 Å². The maximum Gasteiger partial charge on any atom is 0.0920 e. The standard InChI is InChI=1S/C17H30O/c1-3-5-14-7-9-15(10-8-14)16-11-12-17(6-4-2)18-13-16/h12,14-16H,3-11,13H2,1-2H3. The summed E-state index contributed by atoms with van der Waals surface area (Å²) in [6, 6.07) is 0. The maximum atomic E-state index is 5.92. The van der Waals surface area contributed by atoms with E-state index in [0.717, 1.165) is 30.8 Å². The lowest BCUT2D eigenvalue weighted by molar-refractivity contribution is 0.0832. The second kappa shape index (κ2) is 7.21. The molecule has 0 N–H and O–H groups in total. The van der Waals surface area contributed by atoms with Crippen molar-refractivity contribution in [2.75, 3.05) is 6.61 Å². The molecule has 0 aromatic carbocycles. The summed E-state index contributed by atoms with van der Waals surface area (Å²) >= 11 is 0. The molecule has 1 fully saturated rings. The second-order valence-corrected chi connectivity index (χ2v) is 6.30. The van der Waals surface area contributed by atoms with Gasteiger partial charge in [-0.05, 0) is 49.5 Å². The molecule has 0 amide bonds. The van der Waals surface area contributed by atoms with Gasteiger partial charge in [0.2, 0.25) is 0 Å².